The van der Waals surface area contributed by atoms with Gasteiger partial charge in [0.25, 0.3) is 5.90 Å². The Labute approximate surface area is 164 Å². The summed E-state index contributed by atoms with van der Waals surface area (Å²) in [6, 6.07) is 20.0. The van der Waals surface area contributed by atoms with Crippen LogP contribution in [0.15, 0.2) is 93.1 Å². The maximum Gasteiger partial charge on any atom is 0.259 e. The first-order chi connectivity index (χ1) is 13.3. The molecule has 5 heteroatoms. The molecule has 3 heterocycles. The second-order valence-electron chi connectivity index (χ2n) is 6.28. The summed E-state index contributed by atoms with van der Waals surface area (Å²) in [5.41, 5.74) is 4.03. The SMILES string of the molecule is Brc1ccc(C2=CC(c3c[nH]c4ccccc34)OC(c3ccco3)=N2)cc1. The summed E-state index contributed by atoms with van der Waals surface area (Å²) >= 11 is 3.48. The van der Waals surface area contributed by atoms with E-state index in [1.54, 1.807) is 6.26 Å². The molecule has 1 aliphatic rings. The lowest BCUT2D eigenvalue weighted by atomic mass is 10.0. The maximum atomic E-state index is 6.21. The Morgan fingerprint density at radius 1 is 0.963 bits per heavy atom. The molecule has 2 aromatic carbocycles. The van der Waals surface area contributed by atoms with Gasteiger partial charge in [0.1, 0.15) is 6.10 Å². The number of fused-ring (bicyclic) bond motifs is 1. The number of aromatic nitrogens is 1. The molecule has 132 valence electrons. The van der Waals surface area contributed by atoms with Gasteiger partial charge in [-0.2, -0.15) is 0 Å². The first-order valence-electron chi connectivity index (χ1n) is 8.61. The number of aromatic amines is 1. The van der Waals surface area contributed by atoms with Gasteiger partial charge in [-0.15, -0.1) is 0 Å². The number of hydrogen-bond acceptors (Lipinski definition) is 3. The molecular formula is C22H15BrN2O2. The molecule has 4 aromatic rings. The number of aliphatic imine (C=N–C) groups is 1. The Hall–Kier alpha value is -3.05. The minimum Gasteiger partial charge on any atom is -0.462 e. The van der Waals surface area contributed by atoms with Crippen LogP contribution in [-0.2, 0) is 4.74 Å². The van der Waals surface area contributed by atoms with E-state index in [9.17, 15) is 0 Å². The van der Waals surface area contributed by atoms with Crippen molar-refractivity contribution in [3.05, 3.63) is 101 Å². The van der Waals surface area contributed by atoms with Gasteiger partial charge < -0.3 is 14.1 Å². The van der Waals surface area contributed by atoms with Crippen molar-refractivity contribution < 1.29 is 9.15 Å². The largest absolute Gasteiger partial charge is 0.462 e. The first kappa shape index (κ1) is 16.1. The second kappa shape index (κ2) is 6.59. The van der Waals surface area contributed by atoms with Crippen molar-refractivity contribution in [2.75, 3.05) is 0 Å². The third-order valence-electron chi connectivity index (χ3n) is 4.57. The summed E-state index contributed by atoms with van der Waals surface area (Å²) in [7, 11) is 0. The van der Waals surface area contributed by atoms with Crippen LogP contribution in [-0.4, -0.2) is 10.9 Å². The lowest BCUT2D eigenvalue weighted by Crippen LogP contribution is -2.15. The van der Waals surface area contributed by atoms with Gasteiger partial charge in [0, 0.05) is 32.7 Å². The summed E-state index contributed by atoms with van der Waals surface area (Å²) in [6.07, 6.45) is 5.40. The summed E-state index contributed by atoms with van der Waals surface area (Å²) < 4.78 is 12.8. The first-order valence-corrected chi connectivity index (χ1v) is 9.40. The van der Waals surface area contributed by atoms with E-state index in [-0.39, 0.29) is 6.10 Å². The third-order valence-corrected chi connectivity index (χ3v) is 5.10. The van der Waals surface area contributed by atoms with Crippen molar-refractivity contribution in [2.45, 2.75) is 6.10 Å². The molecule has 27 heavy (non-hydrogen) atoms. The highest BCUT2D eigenvalue weighted by Gasteiger charge is 2.25. The molecule has 0 saturated carbocycles. The van der Waals surface area contributed by atoms with Crippen LogP contribution < -0.4 is 0 Å². The molecular weight excluding hydrogens is 404 g/mol. The number of nitrogens with one attached hydrogen (secondary N) is 1. The molecule has 2 aromatic heterocycles. The summed E-state index contributed by atoms with van der Waals surface area (Å²) in [4.78, 5) is 8.02. The molecule has 1 N–H and O–H groups in total. The lowest BCUT2D eigenvalue weighted by molar-refractivity contribution is 0.234. The lowest BCUT2D eigenvalue weighted by Gasteiger charge is -2.21. The van der Waals surface area contributed by atoms with E-state index in [0.717, 1.165) is 32.2 Å². The fraction of sp³-hybridized carbons (Fsp3) is 0.0455. The molecule has 0 spiro atoms. The third kappa shape index (κ3) is 3.00. The molecule has 0 aliphatic carbocycles. The highest BCUT2D eigenvalue weighted by molar-refractivity contribution is 9.10. The zero-order valence-corrected chi connectivity index (χ0v) is 15.8. The number of benzene rings is 2. The number of halogens is 1. The van der Waals surface area contributed by atoms with Crippen LogP contribution in [0.3, 0.4) is 0 Å². The van der Waals surface area contributed by atoms with E-state index < -0.39 is 0 Å². The van der Waals surface area contributed by atoms with Crippen molar-refractivity contribution >= 4 is 38.4 Å². The molecule has 0 bridgehead atoms. The fourth-order valence-corrected chi connectivity index (χ4v) is 3.51. The van der Waals surface area contributed by atoms with E-state index in [0.29, 0.717) is 11.7 Å². The zero-order valence-electron chi connectivity index (χ0n) is 14.2. The summed E-state index contributed by atoms with van der Waals surface area (Å²) in [6.45, 7) is 0. The van der Waals surface area contributed by atoms with Crippen molar-refractivity contribution in [1.82, 2.24) is 4.98 Å². The van der Waals surface area contributed by atoms with Crippen LogP contribution in [0.25, 0.3) is 16.6 Å². The van der Waals surface area contributed by atoms with E-state index in [1.807, 2.05) is 60.8 Å². The standard InChI is InChI=1S/C22H15BrN2O2/c23-15-9-7-14(8-10-15)19-12-21(27-22(25-19)20-6-3-11-26-20)17-13-24-18-5-2-1-4-16(17)18/h1-13,21,24H. The fourth-order valence-electron chi connectivity index (χ4n) is 3.25. The maximum absolute atomic E-state index is 6.21. The minimum absolute atomic E-state index is 0.266. The normalized spacial score (nSPS) is 16.7. The van der Waals surface area contributed by atoms with Crippen LogP contribution in [0, 0.1) is 0 Å². The molecule has 1 aliphatic heterocycles. The highest BCUT2D eigenvalue weighted by atomic mass is 79.9. The van der Waals surface area contributed by atoms with Crippen LogP contribution >= 0.6 is 15.9 Å². The van der Waals surface area contributed by atoms with Gasteiger partial charge in [-0.05, 0) is 36.4 Å². The average Bonchev–Trinajstić information content (AvgIpc) is 3.38. The smallest absolute Gasteiger partial charge is 0.259 e. The number of furan rings is 1. The topological polar surface area (TPSA) is 50.5 Å². The van der Waals surface area contributed by atoms with E-state index in [4.69, 9.17) is 14.1 Å². The van der Waals surface area contributed by atoms with Crippen LogP contribution in [0.2, 0.25) is 0 Å². The number of nitrogens with zero attached hydrogens (tertiary/aromatic N) is 1. The van der Waals surface area contributed by atoms with Crippen molar-refractivity contribution in [2.24, 2.45) is 4.99 Å². The summed E-state index contributed by atoms with van der Waals surface area (Å²) in [5, 5.41) is 1.13. The zero-order chi connectivity index (χ0) is 18.2. The highest BCUT2D eigenvalue weighted by Crippen LogP contribution is 2.35. The molecule has 5 rings (SSSR count). The van der Waals surface area contributed by atoms with Crippen molar-refractivity contribution in [3.8, 4) is 0 Å². The van der Waals surface area contributed by atoms with Crippen molar-refractivity contribution in [1.29, 1.82) is 0 Å². The Morgan fingerprint density at radius 3 is 2.63 bits per heavy atom. The van der Waals surface area contributed by atoms with Gasteiger partial charge in [0.2, 0.25) is 0 Å². The van der Waals surface area contributed by atoms with E-state index >= 15 is 0 Å². The van der Waals surface area contributed by atoms with Crippen molar-refractivity contribution in [3.63, 3.8) is 0 Å². The number of para-hydroxylation sites is 1. The van der Waals surface area contributed by atoms with E-state index in [1.165, 1.54) is 0 Å². The molecule has 0 fully saturated rings. The Kier molecular flexibility index (Phi) is 3.94. The van der Waals surface area contributed by atoms with Crippen LogP contribution in [0.1, 0.15) is 23.0 Å². The average molecular weight is 419 g/mol. The second-order valence-corrected chi connectivity index (χ2v) is 7.20. The molecule has 1 atom stereocenters. The number of rotatable bonds is 3. The van der Waals surface area contributed by atoms with Crippen LogP contribution in [0.5, 0.6) is 0 Å². The summed E-state index contributed by atoms with van der Waals surface area (Å²) in [5.74, 6) is 1.10. The van der Waals surface area contributed by atoms with Gasteiger partial charge in [-0.1, -0.05) is 46.3 Å². The van der Waals surface area contributed by atoms with Gasteiger partial charge in [0.05, 0.1) is 12.0 Å². The molecule has 0 saturated heterocycles. The number of ether oxygens (including phenoxy) is 1. The van der Waals surface area contributed by atoms with Crippen LogP contribution in [0.4, 0.5) is 0 Å². The number of hydrogen-bond donors (Lipinski definition) is 1. The predicted octanol–water partition coefficient (Wildman–Crippen LogP) is 6.08. The van der Waals surface area contributed by atoms with Gasteiger partial charge >= 0.3 is 0 Å². The predicted molar refractivity (Wildman–Crippen MR) is 109 cm³/mol. The molecule has 4 nitrogen and oxygen atoms in total. The molecule has 0 amide bonds. The molecule has 1 unspecified atom stereocenters. The van der Waals surface area contributed by atoms with Gasteiger partial charge in [0.15, 0.2) is 5.76 Å². The minimum atomic E-state index is -0.266. The molecule has 0 radical (unpaired) electrons. The quantitative estimate of drug-likeness (QED) is 0.437. The van der Waals surface area contributed by atoms with Gasteiger partial charge in [-0.25, -0.2) is 4.99 Å². The van der Waals surface area contributed by atoms with E-state index in [2.05, 4.69) is 33.0 Å². The monoisotopic (exact) mass is 418 g/mol. The Morgan fingerprint density at radius 2 is 1.81 bits per heavy atom. The Balaban J connectivity index is 1.63. The number of H-pyrrole nitrogens is 1. The van der Waals surface area contributed by atoms with Gasteiger partial charge in [-0.3, -0.25) is 0 Å². The Bertz CT molecular complexity index is 1150.